The average molecular weight is 367 g/mol. The topological polar surface area (TPSA) is 95.4 Å². The fourth-order valence-corrected chi connectivity index (χ4v) is 5.65. The zero-order valence-corrected chi connectivity index (χ0v) is 14.7. The predicted octanol–water partition coefficient (Wildman–Crippen LogP) is 1.94. The molecule has 2 aromatic rings. The number of benzene rings is 2. The highest BCUT2D eigenvalue weighted by atomic mass is 35.5. The highest BCUT2D eigenvalue weighted by Crippen LogP contribution is 2.55. The minimum atomic E-state index is -3.61. The van der Waals surface area contributed by atoms with Crippen LogP contribution in [-0.4, -0.2) is 32.9 Å². The van der Waals surface area contributed by atoms with Crippen molar-refractivity contribution in [2.24, 2.45) is 11.5 Å². The molecule has 1 fully saturated rings. The maximum atomic E-state index is 13.0. The molecule has 1 saturated carbocycles. The summed E-state index contributed by atoms with van der Waals surface area (Å²) in [6.45, 7) is 0.0845. The van der Waals surface area contributed by atoms with Gasteiger partial charge in [-0.2, -0.15) is 0 Å². The van der Waals surface area contributed by atoms with E-state index >= 15 is 0 Å². The molecule has 0 bridgehead atoms. The van der Waals surface area contributed by atoms with Gasteiger partial charge in [0.15, 0.2) is 9.84 Å². The van der Waals surface area contributed by atoms with Gasteiger partial charge in [0.2, 0.25) is 0 Å². The van der Waals surface area contributed by atoms with Gasteiger partial charge < -0.3 is 16.2 Å². The molecule has 1 aliphatic rings. The molecule has 7 heteroatoms. The lowest BCUT2D eigenvalue weighted by molar-refractivity contribution is 0.414. The van der Waals surface area contributed by atoms with E-state index in [4.69, 9.17) is 27.8 Å². The van der Waals surface area contributed by atoms with E-state index in [9.17, 15) is 8.42 Å². The number of methoxy groups -OCH3 is 1. The summed E-state index contributed by atoms with van der Waals surface area (Å²) >= 11 is 5.84. The fourth-order valence-electron chi connectivity index (χ4n) is 3.20. The second-order valence-electron chi connectivity index (χ2n) is 5.99. The summed E-state index contributed by atoms with van der Waals surface area (Å²) in [4.78, 5) is 0.205. The number of sulfone groups is 1. The molecule has 0 radical (unpaired) electrons. The van der Waals surface area contributed by atoms with Crippen molar-refractivity contribution < 1.29 is 13.2 Å². The van der Waals surface area contributed by atoms with Gasteiger partial charge in [-0.1, -0.05) is 23.7 Å². The van der Waals surface area contributed by atoms with Crippen molar-refractivity contribution in [3.8, 4) is 5.75 Å². The van der Waals surface area contributed by atoms with E-state index in [1.165, 1.54) is 12.1 Å². The van der Waals surface area contributed by atoms with E-state index in [2.05, 4.69) is 0 Å². The van der Waals surface area contributed by atoms with E-state index in [0.29, 0.717) is 10.8 Å². The Balaban J connectivity index is 1.98. The van der Waals surface area contributed by atoms with Crippen molar-refractivity contribution in [1.29, 1.82) is 0 Å². The lowest BCUT2D eigenvalue weighted by Gasteiger charge is -2.09. The van der Waals surface area contributed by atoms with Crippen LogP contribution in [0.1, 0.15) is 11.5 Å². The first-order valence-corrected chi connectivity index (χ1v) is 9.39. The third-order valence-corrected chi connectivity index (χ3v) is 7.17. The molecule has 0 saturated heterocycles. The van der Waals surface area contributed by atoms with Crippen molar-refractivity contribution in [1.82, 2.24) is 0 Å². The second-order valence-corrected chi connectivity index (χ2v) is 8.49. The Hall–Kier alpha value is -1.60. The molecule has 0 amide bonds. The van der Waals surface area contributed by atoms with Gasteiger partial charge in [0.1, 0.15) is 5.75 Å². The fraction of sp³-hybridized carbons (Fsp3) is 0.294. The van der Waals surface area contributed by atoms with Crippen LogP contribution < -0.4 is 16.2 Å². The third-order valence-electron chi connectivity index (χ3n) is 4.61. The maximum Gasteiger partial charge on any atom is 0.183 e. The van der Waals surface area contributed by atoms with Gasteiger partial charge >= 0.3 is 0 Å². The van der Waals surface area contributed by atoms with Gasteiger partial charge in [-0.05, 0) is 42.0 Å². The normalized spacial score (nSPS) is 26.2. The molecule has 0 spiro atoms. The molecule has 3 atom stereocenters. The molecule has 4 N–H and O–H groups in total. The van der Waals surface area contributed by atoms with Crippen LogP contribution in [0.15, 0.2) is 53.4 Å². The number of hydrogen-bond donors (Lipinski definition) is 2. The number of ether oxygens (including phenoxy) is 1. The van der Waals surface area contributed by atoms with Crippen molar-refractivity contribution in [3.05, 3.63) is 59.1 Å². The number of halogens is 1. The highest BCUT2D eigenvalue weighted by molar-refractivity contribution is 7.92. The zero-order chi connectivity index (χ0) is 17.5. The SMILES string of the molecule is COc1ccc([C@@H]2[C@H](S(=O)(=O)c3ccc(Cl)cc3)[C@]2(N)CN)cc1. The monoisotopic (exact) mass is 366 g/mol. The Morgan fingerprint density at radius 3 is 2.21 bits per heavy atom. The summed E-state index contributed by atoms with van der Waals surface area (Å²) in [5.74, 6) is 0.348. The summed E-state index contributed by atoms with van der Waals surface area (Å²) in [5.41, 5.74) is 12.0. The van der Waals surface area contributed by atoms with Crippen molar-refractivity contribution in [3.63, 3.8) is 0 Å². The average Bonchev–Trinajstić information content (AvgIpc) is 3.23. The summed E-state index contributed by atoms with van der Waals surface area (Å²) in [6, 6.07) is 13.3. The Kier molecular flexibility index (Phi) is 4.34. The maximum absolute atomic E-state index is 13.0. The lowest BCUT2D eigenvalue weighted by atomic mass is 10.1. The van der Waals surface area contributed by atoms with Crippen LogP contribution in [0.3, 0.4) is 0 Å². The van der Waals surface area contributed by atoms with Crippen LogP contribution in [-0.2, 0) is 9.84 Å². The van der Waals surface area contributed by atoms with Gasteiger partial charge in [0.05, 0.1) is 22.8 Å². The molecule has 0 heterocycles. The van der Waals surface area contributed by atoms with Crippen LogP contribution in [0, 0.1) is 0 Å². The van der Waals surface area contributed by atoms with Crippen LogP contribution >= 0.6 is 11.6 Å². The molecular formula is C17H19ClN2O3S. The molecular weight excluding hydrogens is 348 g/mol. The minimum Gasteiger partial charge on any atom is -0.497 e. The quantitative estimate of drug-likeness (QED) is 0.843. The van der Waals surface area contributed by atoms with E-state index in [1.807, 2.05) is 12.1 Å². The van der Waals surface area contributed by atoms with Crippen molar-refractivity contribution in [2.75, 3.05) is 13.7 Å². The number of rotatable bonds is 5. The Bertz CT molecular complexity index is 837. The van der Waals surface area contributed by atoms with E-state index in [0.717, 1.165) is 5.56 Å². The van der Waals surface area contributed by atoms with Gasteiger partial charge in [-0.3, -0.25) is 0 Å². The second kappa shape index (κ2) is 6.04. The number of hydrogen-bond acceptors (Lipinski definition) is 5. The Labute approximate surface area is 146 Å². The lowest BCUT2D eigenvalue weighted by Crippen LogP contribution is -2.39. The van der Waals surface area contributed by atoms with Crippen LogP contribution in [0.2, 0.25) is 5.02 Å². The van der Waals surface area contributed by atoms with Crippen LogP contribution in [0.4, 0.5) is 0 Å². The Morgan fingerprint density at radius 1 is 1.12 bits per heavy atom. The molecule has 3 rings (SSSR count). The molecule has 0 unspecified atom stereocenters. The van der Waals surface area contributed by atoms with E-state index < -0.39 is 20.6 Å². The summed E-state index contributed by atoms with van der Waals surface area (Å²) < 4.78 is 31.1. The molecule has 0 aliphatic heterocycles. The first-order chi connectivity index (χ1) is 11.3. The number of nitrogens with two attached hydrogens (primary N) is 2. The summed E-state index contributed by atoms with van der Waals surface area (Å²) in [5, 5.41) is -0.279. The van der Waals surface area contributed by atoms with Crippen molar-refractivity contribution in [2.45, 2.75) is 21.6 Å². The first-order valence-electron chi connectivity index (χ1n) is 7.47. The zero-order valence-electron chi connectivity index (χ0n) is 13.1. The molecule has 1 aliphatic carbocycles. The molecule has 5 nitrogen and oxygen atoms in total. The van der Waals surface area contributed by atoms with Crippen LogP contribution in [0.25, 0.3) is 0 Å². The molecule has 128 valence electrons. The van der Waals surface area contributed by atoms with Crippen molar-refractivity contribution >= 4 is 21.4 Å². The van der Waals surface area contributed by atoms with Gasteiger partial charge in [-0.15, -0.1) is 0 Å². The molecule has 0 aromatic heterocycles. The standard InChI is InChI=1S/C17H19ClN2O3S/c1-23-13-6-2-11(3-7-13)15-16(17(15,20)10-19)24(21,22)14-8-4-12(18)5-9-14/h2-9,15-16H,10,19-20H2,1H3/t15-,16+,17+/m1/s1. The Morgan fingerprint density at radius 2 is 1.71 bits per heavy atom. The van der Waals surface area contributed by atoms with E-state index in [-0.39, 0.29) is 17.4 Å². The highest BCUT2D eigenvalue weighted by Gasteiger charge is 2.68. The predicted molar refractivity (Wildman–Crippen MR) is 94.1 cm³/mol. The first kappa shape index (κ1) is 17.2. The van der Waals surface area contributed by atoms with E-state index in [1.54, 1.807) is 31.4 Å². The van der Waals surface area contributed by atoms with Crippen LogP contribution in [0.5, 0.6) is 5.75 Å². The smallest absolute Gasteiger partial charge is 0.183 e. The van der Waals surface area contributed by atoms with Gasteiger partial charge in [0, 0.05) is 17.5 Å². The van der Waals surface area contributed by atoms with Gasteiger partial charge in [-0.25, -0.2) is 8.42 Å². The molecule has 2 aromatic carbocycles. The molecule has 24 heavy (non-hydrogen) atoms. The summed E-state index contributed by atoms with van der Waals surface area (Å²) in [6.07, 6.45) is 0. The minimum absolute atomic E-state index is 0.0845. The van der Waals surface area contributed by atoms with Gasteiger partial charge in [0.25, 0.3) is 0 Å². The largest absolute Gasteiger partial charge is 0.497 e. The third kappa shape index (κ3) is 2.69. The summed E-state index contributed by atoms with van der Waals surface area (Å²) in [7, 11) is -2.03.